The fraction of sp³-hybridized carbons (Fsp3) is 0.250. The van der Waals surface area contributed by atoms with Gasteiger partial charge in [-0.3, -0.25) is 14.4 Å². The van der Waals surface area contributed by atoms with Crippen LogP contribution < -0.4 is 31.2 Å². The minimum Gasteiger partial charge on any atom is -0.497 e. The third kappa shape index (κ3) is 9.94. The molecule has 45 heavy (non-hydrogen) atoms. The zero-order chi connectivity index (χ0) is 32.0. The van der Waals surface area contributed by atoms with Gasteiger partial charge in [0.15, 0.2) is 0 Å². The van der Waals surface area contributed by atoms with Crippen LogP contribution in [0.5, 0.6) is 11.5 Å². The molecule has 0 aromatic heterocycles. The molecule has 9 heteroatoms. The molecule has 0 fully saturated rings. The number of rotatable bonds is 15. The van der Waals surface area contributed by atoms with E-state index >= 15 is 0 Å². The molecule has 5 N–H and O–H groups in total. The Hall–Kier alpha value is -5.15. The van der Waals surface area contributed by atoms with Crippen molar-refractivity contribution in [2.45, 2.75) is 44.9 Å². The van der Waals surface area contributed by atoms with Crippen molar-refractivity contribution in [1.29, 1.82) is 0 Å². The molecule has 0 aliphatic rings. The van der Waals surface area contributed by atoms with Crippen LogP contribution >= 0.6 is 0 Å². The van der Waals surface area contributed by atoms with Gasteiger partial charge in [0.1, 0.15) is 23.6 Å². The Balaban J connectivity index is 1.55. The number of nitrogens with two attached hydrogens (primary N) is 1. The van der Waals surface area contributed by atoms with E-state index in [-0.39, 0.29) is 25.3 Å². The van der Waals surface area contributed by atoms with E-state index in [0.717, 1.165) is 22.3 Å². The van der Waals surface area contributed by atoms with Crippen molar-refractivity contribution in [1.82, 2.24) is 16.0 Å². The van der Waals surface area contributed by atoms with Crippen LogP contribution in [0, 0.1) is 0 Å². The van der Waals surface area contributed by atoms with Gasteiger partial charge in [-0.1, -0.05) is 66.7 Å². The smallest absolute Gasteiger partial charge is 0.251 e. The highest BCUT2D eigenvalue weighted by Crippen LogP contribution is 2.16. The van der Waals surface area contributed by atoms with Crippen molar-refractivity contribution in [3.05, 3.63) is 131 Å². The fourth-order valence-corrected chi connectivity index (χ4v) is 4.75. The number of methoxy groups -OCH3 is 1. The summed E-state index contributed by atoms with van der Waals surface area (Å²) in [7, 11) is 1.58. The average Bonchev–Trinajstić information content (AvgIpc) is 3.08. The molecule has 0 saturated heterocycles. The molecular weight excluding hydrogens is 568 g/mol. The minimum atomic E-state index is -0.953. The van der Waals surface area contributed by atoms with Gasteiger partial charge < -0.3 is 31.2 Å². The minimum absolute atomic E-state index is 0.210. The standard InChI is InChI=1S/C36H40N4O5/c1-3-45-31-19-15-26(16-20-31)22-33(39-34(41)29-7-5-4-6-8-29)36(43)40-32(21-25-13-17-30(44-2)18-14-25)35(42)38-24-28-11-9-27(23-37)10-12-28/h4-20,32-33H,3,21-24,37H2,1-2H3,(H,38,42)(H,39,41)(H,40,43). The van der Waals surface area contributed by atoms with E-state index < -0.39 is 23.9 Å². The van der Waals surface area contributed by atoms with E-state index in [1.54, 1.807) is 43.5 Å². The summed E-state index contributed by atoms with van der Waals surface area (Å²) in [4.78, 5) is 40.6. The monoisotopic (exact) mass is 608 g/mol. The SMILES string of the molecule is CCOc1ccc(CC(NC(=O)c2ccccc2)C(=O)NC(Cc2ccc(OC)cc2)C(=O)NCc2ccc(CN)cc2)cc1. The zero-order valence-corrected chi connectivity index (χ0v) is 25.6. The number of hydrogen-bond donors (Lipinski definition) is 4. The van der Waals surface area contributed by atoms with E-state index in [1.807, 2.05) is 73.7 Å². The largest absolute Gasteiger partial charge is 0.497 e. The average molecular weight is 609 g/mol. The van der Waals surface area contributed by atoms with Crippen molar-refractivity contribution in [2.24, 2.45) is 5.73 Å². The summed E-state index contributed by atoms with van der Waals surface area (Å²) in [6, 6.07) is 29.2. The maximum absolute atomic E-state index is 13.9. The van der Waals surface area contributed by atoms with Gasteiger partial charge in [-0.25, -0.2) is 0 Å². The number of nitrogens with one attached hydrogen (secondary N) is 3. The van der Waals surface area contributed by atoms with Crippen molar-refractivity contribution in [3.63, 3.8) is 0 Å². The molecule has 234 valence electrons. The van der Waals surface area contributed by atoms with Crippen molar-refractivity contribution in [2.75, 3.05) is 13.7 Å². The molecule has 4 aromatic rings. The predicted octanol–water partition coefficient (Wildman–Crippen LogP) is 3.94. The van der Waals surface area contributed by atoms with Crippen LogP contribution in [0.25, 0.3) is 0 Å². The quantitative estimate of drug-likeness (QED) is 0.162. The van der Waals surface area contributed by atoms with Crippen LogP contribution in [-0.4, -0.2) is 43.5 Å². The van der Waals surface area contributed by atoms with Crippen LogP contribution in [0.4, 0.5) is 0 Å². The summed E-state index contributed by atoms with van der Waals surface area (Å²) in [6.07, 6.45) is 0.442. The summed E-state index contributed by atoms with van der Waals surface area (Å²) in [5, 5.41) is 8.74. The Morgan fingerprint density at radius 3 is 1.76 bits per heavy atom. The highest BCUT2D eigenvalue weighted by Gasteiger charge is 2.28. The molecule has 4 rings (SSSR count). The molecule has 0 spiro atoms. The lowest BCUT2D eigenvalue weighted by atomic mass is 10.0. The molecule has 0 aliphatic carbocycles. The summed E-state index contributed by atoms with van der Waals surface area (Å²) < 4.78 is 10.8. The summed E-state index contributed by atoms with van der Waals surface area (Å²) >= 11 is 0. The van der Waals surface area contributed by atoms with E-state index in [4.69, 9.17) is 15.2 Å². The third-order valence-electron chi connectivity index (χ3n) is 7.29. The lowest BCUT2D eigenvalue weighted by Crippen LogP contribution is -2.55. The van der Waals surface area contributed by atoms with Crippen molar-refractivity contribution < 1.29 is 23.9 Å². The topological polar surface area (TPSA) is 132 Å². The van der Waals surface area contributed by atoms with Crippen LogP contribution in [-0.2, 0) is 35.5 Å². The van der Waals surface area contributed by atoms with Crippen molar-refractivity contribution in [3.8, 4) is 11.5 Å². The van der Waals surface area contributed by atoms with Gasteiger partial charge in [0, 0.05) is 31.5 Å². The Bertz CT molecular complexity index is 1520. The number of carbonyl (C=O) groups excluding carboxylic acids is 3. The summed E-state index contributed by atoms with van der Waals surface area (Å²) in [6.45, 7) is 3.15. The normalized spacial score (nSPS) is 12.0. The molecule has 0 radical (unpaired) electrons. The van der Waals surface area contributed by atoms with Crippen LogP contribution in [0.15, 0.2) is 103 Å². The maximum atomic E-state index is 13.9. The first-order valence-corrected chi connectivity index (χ1v) is 14.9. The molecule has 9 nitrogen and oxygen atoms in total. The van der Waals surface area contributed by atoms with Gasteiger partial charge in [-0.05, 0) is 65.6 Å². The molecule has 0 saturated carbocycles. The van der Waals surface area contributed by atoms with Crippen LogP contribution in [0.1, 0.15) is 39.5 Å². The van der Waals surface area contributed by atoms with Crippen LogP contribution in [0.2, 0.25) is 0 Å². The van der Waals surface area contributed by atoms with Gasteiger partial charge in [0.05, 0.1) is 13.7 Å². The van der Waals surface area contributed by atoms with Gasteiger partial charge in [0.2, 0.25) is 11.8 Å². The first-order chi connectivity index (χ1) is 21.9. The number of hydrogen-bond acceptors (Lipinski definition) is 6. The Morgan fingerprint density at radius 2 is 1.20 bits per heavy atom. The molecule has 0 bridgehead atoms. The number of benzene rings is 4. The van der Waals surface area contributed by atoms with Gasteiger partial charge in [-0.15, -0.1) is 0 Å². The van der Waals surface area contributed by atoms with E-state index in [0.29, 0.717) is 30.2 Å². The lowest BCUT2D eigenvalue weighted by molar-refractivity contribution is -0.130. The van der Waals surface area contributed by atoms with E-state index in [2.05, 4.69) is 16.0 Å². The van der Waals surface area contributed by atoms with Gasteiger partial charge in [-0.2, -0.15) is 0 Å². The van der Waals surface area contributed by atoms with E-state index in [9.17, 15) is 14.4 Å². The molecular formula is C36H40N4O5. The Labute approximate surface area is 264 Å². The molecule has 4 aromatic carbocycles. The van der Waals surface area contributed by atoms with Gasteiger partial charge in [0.25, 0.3) is 5.91 Å². The number of amides is 3. The summed E-state index contributed by atoms with van der Waals surface area (Å²) in [5.74, 6) is 0.178. The van der Waals surface area contributed by atoms with Crippen LogP contribution in [0.3, 0.4) is 0 Å². The first kappa shape index (κ1) is 32.8. The lowest BCUT2D eigenvalue weighted by Gasteiger charge is -2.24. The Morgan fingerprint density at radius 1 is 0.667 bits per heavy atom. The highest BCUT2D eigenvalue weighted by molar-refractivity contribution is 5.98. The highest BCUT2D eigenvalue weighted by atomic mass is 16.5. The maximum Gasteiger partial charge on any atom is 0.251 e. The number of carbonyl (C=O) groups is 3. The number of ether oxygens (including phenoxy) is 2. The third-order valence-corrected chi connectivity index (χ3v) is 7.29. The van der Waals surface area contributed by atoms with E-state index in [1.165, 1.54) is 0 Å². The zero-order valence-electron chi connectivity index (χ0n) is 25.6. The second-order valence-electron chi connectivity index (χ2n) is 10.5. The van der Waals surface area contributed by atoms with Crippen molar-refractivity contribution >= 4 is 17.7 Å². The summed E-state index contributed by atoms with van der Waals surface area (Å²) in [5.41, 5.74) is 9.68. The second kappa shape index (κ2) is 16.6. The van der Waals surface area contributed by atoms with Gasteiger partial charge >= 0.3 is 0 Å². The fourth-order valence-electron chi connectivity index (χ4n) is 4.75. The molecule has 0 aliphatic heterocycles. The Kier molecular flexibility index (Phi) is 12.1. The molecule has 2 unspecified atom stereocenters. The first-order valence-electron chi connectivity index (χ1n) is 14.9. The predicted molar refractivity (Wildman–Crippen MR) is 174 cm³/mol. The second-order valence-corrected chi connectivity index (χ2v) is 10.5. The molecule has 3 amide bonds. The molecule has 2 atom stereocenters. The molecule has 0 heterocycles.